The van der Waals surface area contributed by atoms with Gasteiger partial charge in [-0.05, 0) is 13.8 Å². The summed E-state index contributed by atoms with van der Waals surface area (Å²) in [5.74, 6) is -0.455. The van der Waals surface area contributed by atoms with Gasteiger partial charge in [0, 0.05) is 7.05 Å². The van der Waals surface area contributed by atoms with Gasteiger partial charge in [0.1, 0.15) is 5.82 Å². The van der Waals surface area contributed by atoms with Gasteiger partial charge in [-0.2, -0.15) is 5.10 Å². The Kier molecular flexibility index (Phi) is 3.56. The monoisotopic (exact) mass is 252 g/mol. The van der Waals surface area contributed by atoms with Crippen molar-refractivity contribution >= 4 is 11.8 Å². The Balaban J connectivity index is 2.26. The predicted molar refractivity (Wildman–Crippen MR) is 65.7 cm³/mol. The van der Waals surface area contributed by atoms with Gasteiger partial charge in [0.15, 0.2) is 0 Å². The fourth-order valence-electron chi connectivity index (χ4n) is 2.64. The summed E-state index contributed by atoms with van der Waals surface area (Å²) in [7, 11) is 1.79. The molecule has 1 N–H and O–H groups in total. The van der Waals surface area contributed by atoms with Crippen LogP contribution in [0.5, 0.6) is 0 Å². The van der Waals surface area contributed by atoms with E-state index in [4.69, 9.17) is 0 Å². The van der Waals surface area contributed by atoms with E-state index >= 15 is 0 Å². The summed E-state index contributed by atoms with van der Waals surface area (Å²) >= 11 is 0. The molecule has 1 aromatic heterocycles. The standard InChI is InChI=1S/C12H20N4O2/c1-4-15-5-7-16(8-6-15)11-10(12(17)18)9(2)13-14(11)3/h4-8H2,1-3H3,(H,17,18). The van der Waals surface area contributed by atoms with E-state index in [-0.39, 0.29) is 5.56 Å². The third-order valence-electron chi connectivity index (χ3n) is 3.67. The van der Waals surface area contributed by atoms with E-state index in [1.807, 2.05) is 0 Å². The Hall–Kier alpha value is -1.56. The second kappa shape index (κ2) is 4.97. The van der Waals surface area contributed by atoms with Crippen LogP contribution in [0.25, 0.3) is 0 Å². The highest BCUT2D eigenvalue weighted by Crippen LogP contribution is 2.22. The number of carboxylic acid groups (broad SMARTS) is 1. The number of hydrogen-bond donors (Lipinski definition) is 1. The van der Waals surface area contributed by atoms with E-state index in [1.54, 1.807) is 23.6 Å². The quantitative estimate of drug-likeness (QED) is 0.664. The zero-order valence-electron chi connectivity index (χ0n) is 11.2. The molecule has 100 valence electrons. The number of rotatable bonds is 3. The highest BCUT2D eigenvalue weighted by Gasteiger charge is 2.25. The lowest BCUT2D eigenvalue weighted by Gasteiger charge is -2.33. The summed E-state index contributed by atoms with van der Waals surface area (Å²) < 4.78 is 1.65. The lowest BCUT2D eigenvalue weighted by molar-refractivity contribution is -0.898. The number of quaternary nitrogens is 1. The second-order valence-electron chi connectivity index (χ2n) is 4.79. The smallest absolute Gasteiger partial charge is 0.136 e. The highest BCUT2D eigenvalue weighted by atomic mass is 16.4. The van der Waals surface area contributed by atoms with Crippen LogP contribution in [-0.2, 0) is 7.05 Å². The average molecular weight is 252 g/mol. The number of aryl methyl sites for hydroxylation is 2. The van der Waals surface area contributed by atoms with Crippen molar-refractivity contribution < 1.29 is 14.8 Å². The third kappa shape index (κ3) is 2.20. The maximum absolute atomic E-state index is 11.2. The lowest BCUT2D eigenvalue weighted by atomic mass is 10.2. The number of nitrogens with zero attached hydrogens (tertiary/aromatic N) is 3. The summed E-state index contributed by atoms with van der Waals surface area (Å²) in [4.78, 5) is 14.9. The fourth-order valence-corrected chi connectivity index (χ4v) is 2.64. The van der Waals surface area contributed by atoms with Gasteiger partial charge in [0.25, 0.3) is 0 Å². The first-order chi connectivity index (χ1) is 8.54. The molecular formula is C12H20N4O2. The Morgan fingerprint density at radius 3 is 2.56 bits per heavy atom. The van der Waals surface area contributed by atoms with Gasteiger partial charge < -0.3 is 19.7 Å². The number of carboxylic acids is 1. The first-order valence-electron chi connectivity index (χ1n) is 6.38. The van der Waals surface area contributed by atoms with Crippen molar-refractivity contribution in [3.63, 3.8) is 0 Å². The number of carbonyl (C=O) groups excluding carboxylic acids is 1. The first-order valence-corrected chi connectivity index (χ1v) is 6.38. The zero-order chi connectivity index (χ0) is 13.3. The predicted octanol–water partition coefficient (Wildman–Crippen LogP) is -2.18. The normalized spacial score (nSPS) is 17.2. The Morgan fingerprint density at radius 1 is 1.44 bits per heavy atom. The van der Waals surface area contributed by atoms with Crippen molar-refractivity contribution in [3.05, 3.63) is 11.3 Å². The van der Waals surface area contributed by atoms with Crippen LogP contribution in [0.3, 0.4) is 0 Å². The number of nitrogens with one attached hydrogen (secondary N) is 1. The number of aromatic nitrogens is 2. The largest absolute Gasteiger partial charge is 0.545 e. The Morgan fingerprint density at radius 2 is 2.06 bits per heavy atom. The van der Waals surface area contributed by atoms with Crippen molar-refractivity contribution in [1.29, 1.82) is 0 Å². The minimum absolute atomic E-state index is 0.234. The molecule has 0 saturated carbocycles. The number of piperazine rings is 1. The molecular weight excluding hydrogens is 232 g/mol. The van der Waals surface area contributed by atoms with E-state index in [1.165, 1.54) is 0 Å². The molecule has 2 heterocycles. The van der Waals surface area contributed by atoms with E-state index < -0.39 is 5.97 Å². The SMILES string of the molecule is CC[NH+]1CCN(c2c(C(=O)[O-])c(C)nn2C)CC1. The summed E-state index contributed by atoms with van der Waals surface area (Å²) in [5.41, 5.74) is 0.759. The molecule has 0 amide bonds. The molecule has 6 heteroatoms. The molecule has 0 aliphatic carbocycles. The van der Waals surface area contributed by atoms with Crippen LogP contribution >= 0.6 is 0 Å². The van der Waals surface area contributed by atoms with Gasteiger partial charge in [0.05, 0.1) is 50.0 Å². The number of likely N-dealkylation sites (N-methyl/N-ethyl adjacent to an activating group) is 1. The average Bonchev–Trinajstić information content (AvgIpc) is 2.64. The molecule has 1 fully saturated rings. The first kappa shape index (κ1) is 12.9. The van der Waals surface area contributed by atoms with Gasteiger partial charge in [-0.3, -0.25) is 4.68 Å². The maximum atomic E-state index is 11.2. The molecule has 1 aromatic rings. The van der Waals surface area contributed by atoms with E-state index in [9.17, 15) is 9.90 Å². The van der Waals surface area contributed by atoms with Crippen molar-refractivity contribution in [2.24, 2.45) is 7.05 Å². The molecule has 0 spiro atoms. The van der Waals surface area contributed by atoms with Gasteiger partial charge in [0.2, 0.25) is 0 Å². The van der Waals surface area contributed by atoms with Gasteiger partial charge >= 0.3 is 0 Å². The van der Waals surface area contributed by atoms with E-state index in [0.29, 0.717) is 11.5 Å². The molecule has 1 saturated heterocycles. The van der Waals surface area contributed by atoms with Crippen molar-refractivity contribution in [2.75, 3.05) is 37.6 Å². The van der Waals surface area contributed by atoms with Crippen molar-refractivity contribution in [3.8, 4) is 0 Å². The Bertz CT molecular complexity index is 447. The topological polar surface area (TPSA) is 65.6 Å². The Labute approximate surface area is 107 Å². The molecule has 1 aliphatic heterocycles. The van der Waals surface area contributed by atoms with E-state index in [0.717, 1.165) is 32.7 Å². The number of carbonyl (C=O) groups is 1. The summed E-state index contributed by atoms with van der Waals surface area (Å²) in [5, 5.41) is 15.4. The van der Waals surface area contributed by atoms with Crippen molar-refractivity contribution in [2.45, 2.75) is 13.8 Å². The van der Waals surface area contributed by atoms with Crippen LogP contribution < -0.4 is 14.9 Å². The van der Waals surface area contributed by atoms with Crippen LogP contribution in [0.4, 0.5) is 5.82 Å². The highest BCUT2D eigenvalue weighted by molar-refractivity contribution is 5.93. The molecule has 0 bridgehead atoms. The molecule has 0 radical (unpaired) electrons. The number of hydrogen-bond acceptors (Lipinski definition) is 4. The van der Waals surface area contributed by atoms with Gasteiger partial charge in [-0.1, -0.05) is 0 Å². The molecule has 0 atom stereocenters. The minimum Gasteiger partial charge on any atom is -0.545 e. The summed E-state index contributed by atoms with van der Waals surface area (Å²) in [6, 6.07) is 0. The molecule has 0 aromatic carbocycles. The van der Waals surface area contributed by atoms with Crippen molar-refractivity contribution in [1.82, 2.24) is 9.78 Å². The minimum atomic E-state index is -1.14. The fraction of sp³-hybridized carbons (Fsp3) is 0.667. The maximum Gasteiger partial charge on any atom is 0.136 e. The van der Waals surface area contributed by atoms with Gasteiger partial charge in [-0.25, -0.2) is 0 Å². The molecule has 0 unspecified atom stereocenters. The van der Waals surface area contributed by atoms with Crippen LogP contribution in [0, 0.1) is 6.92 Å². The lowest BCUT2D eigenvalue weighted by Crippen LogP contribution is -3.14. The van der Waals surface area contributed by atoms with Gasteiger partial charge in [-0.15, -0.1) is 0 Å². The molecule has 6 nitrogen and oxygen atoms in total. The third-order valence-corrected chi connectivity index (χ3v) is 3.67. The van der Waals surface area contributed by atoms with Crippen LogP contribution in [0.1, 0.15) is 23.0 Å². The number of aromatic carboxylic acids is 1. The summed E-state index contributed by atoms with van der Waals surface area (Å²) in [6.07, 6.45) is 0. The van der Waals surface area contributed by atoms with E-state index in [2.05, 4.69) is 16.9 Å². The van der Waals surface area contributed by atoms with Crippen LogP contribution in [-0.4, -0.2) is 48.5 Å². The molecule has 1 aliphatic rings. The van der Waals surface area contributed by atoms with Crippen LogP contribution in [0.2, 0.25) is 0 Å². The second-order valence-corrected chi connectivity index (χ2v) is 4.79. The summed E-state index contributed by atoms with van der Waals surface area (Å²) in [6.45, 7) is 8.80. The molecule has 18 heavy (non-hydrogen) atoms. The van der Waals surface area contributed by atoms with Crippen LogP contribution in [0.15, 0.2) is 0 Å². The number of anilines is 1. The zero-order valence-corrected chi connectivity index (χ0v) is 11.2. The molecule has 2 rings (SSSR count).